The zero-order chi connectivity index (χ0) is 13.0. The van der Waals surface area contributed by atoms with Crippen LogP contribution < -0.4 is 5.56 Å². The fraction of sp³-hybridized carbons (Fsp3) is 0.154. The first-order chi connectivity index (χ1) is 8.65. The normalized spacial score (nSPS) is 10.3. The lowest BCUT2D eigenvalue weighted by Gasteiger charge is -2.01. The molecule has 5 heteroatoms. The van der Waals surface area contributed by atoms with Crippen molar-refractivity contribution in [2.45, 2.75) is 12.1 Å². The van der Waals surface area contributed by atoms with E-state index in [1.807, 2.05) is 19.1 Å². The SMILES string of the molecule is Cc1ccc(C(=O)CSc2nccc(=O)[nH]2)cc1. The smallest absolute Gasteiger partial charge is 0.251 e. The molecule has 1 aromatic carbocycles. The van der Waals surface area contributed by atoms with Crippen molar-refractivity contribution in [1.29, 1.82) is 0 Å². The predicted molar refractivity (Wildman–Crippen MR) is 71.1 cm³/mol. The van der Waals surface area contributed by atoms with Gasteiger partial charge in [0.25, 0.3) is 5.56 Å². The van der Waals surface area contributed by atoms with Gasteiger partial charge in [-0.25, -0.2) is 4.98 Å². The molecule has 0 aliphatic rings. The number of aryl methyl sites for hydroxylation is 1. The third kappa shape index (κ3) is 3.30. The van der Waals surface area contributed by atoms with E-state index in [-0.39, 0.29) is 17.1 Å². The van der Waals surface area contributed by atoms with Crippen LogP contribution in [0, 0.1) is 6.92 Å². The minimum atomic E-state index is -0.213. The van der Waals surface area contributed by atoms with Gasteiger partial charge in [0, 0.05) is 17.8 Å². The maximum absolute atomic E-state index is 11.9. The number of carbonyl (C=O) groups is 1. The summed E-state index contributed by atoms with van der Waals surface area (Å²) in [6.07, 6.45) is 1.43. The number of nitrogens with zero attached hydrogens (tertiary/aromatic N) is 1. The zero-order valence-corrected chi connectivity index (χ0v) is 10.7. The molecule has 0 atom stereocenters. The van der Waals surface area contributed by atoms with E-state index in [1.54, 1.807) is 12.1 Å². The summed E-state index contributed by atoms with van der Waals surface area (Å²) >= 11 is 1.23. The van der Waals surface area contributed by atoms with Crippen LogP contribution in [0.3, 0.4) is 0 Å². The Hall–Kier alpha value is -1.88. The van der Waals surface area contributed by atoms with E-state index in [4.69, 9.17) is 0 Å². The number of aromatic amines is 1. The Kier molecular flexibility index (Phi) is 3.94. The van der Waals surface area contributed by atoms with Gasteiger partial charge in [-0.1, -0.05) is 41.6 Å². The van der Waals surface area contributed by atoms with E-state index < -0.39 is 0 Å². The Morgan fingerprint density at radius 3 is 2.67 bits per heavy atom. The van der Waals surface area contributed by atoms with Crippen LogP contribution in [0.25, 0.3) is 0 Å². The van der Waals surface area contributed by atoms with Crippen LogP contribution in [-0.4, -0.2) is 21.5 Å². The Balaban J connectivity index is 2.00. The van der Waals surface area contributed by atoms with E-state index in [0.717, 1.165) is 5.56 Å². The van der Waals surface area contributed by atoms with Crippen molar-refractivity contribution in [3.05, 3.63) is 58.0 Å². The monoisotopic (exact) mass is 260 g/mol. The minimum Gasteiger partial charge on any atom is -0.301 e. The van der Waals surface area contributed by atoms with Crippen LogP contribution in [0.15, 0.2) is 46.5 Å². The number of thioether (sulfide) groups is 1. The molecule has 0 saturated carbocycles. The summed E-state index contributed by atoms with van der Waals surface area (Å²) in [5.41, 5.74) is 1.58. The lowest BCUT2D eigenvalue weighted by molar-refractivity contribution is 0.102. The molecule has 0 bridgehead atoms. The van der Waals surface area contributed by atoms with Gasteiger partial charge in [0.05, 0.1) is 5.75 Å². The molecule has 4 nitrogen and oxygen atoms in total. The highest BCUT2D eigenvalue weighted by Crippen LogP contribution is 2.13. The standard InChI is InChI=1S/C13H12N2O2S/c1-9-2-4-10(5-3-9)11(16)8-18-13-14-7-6-12(17)15-13/h2-7H,8H2,1H3,(H,14,15,17). The number of aromatic nitrogens is 2. The molecule has 2 aromatic rings. The zero-order valence-electron chi connectivity index (χ0n) is 9.84. The molecular formula is C13H12N2O2S. The van der Waals surface area contributed by atoms with Gasteiger partial charge >= 0.3 is 0 Å². The molecular weight excluding hydrogens is 248 g/mol. The number of carbonyl (C=O) groups excluding carboxylic acids is 1. The number of Topliss-reactive ketones (excluding diaryl/α,β-unsaturated/α-hetero) is 1. The Bertz CT molecular complexity index is 605. The first-order valence-corrected chi connectivity index (χ1v) is 6.42. The second-order valence-corrected chi connectivity index (χ2v) is 4.78. The van der Waals surface area contributed by atoms with Crippen molar-refractivity contribution in [3.8, 4) is 0 Å². The summed E-state index contributed by atoms with van der Waals surface area (Å²) in [5, 5.41) is 0.461. The van der Waals surface area contributed by atoms with E-state index in [0.29, 0.717) is 10.7 Å². The first-order valence-electron chi connectivity index (χ1n) is 5.43. The summed E-state index contributed by atoms with van der Waals surface area (Å²) in [7, 11) is 0. The quantitative estimate of drug-likeness (QED) is 0.519. The first kappa shape index (κ1) is 12.6. The highest BCUT2D eigenvalue weighted by Gasteiger charge is 2.07. The van der Waals surface area contributed by atoms with Crippen molar-refractivity contribution in [1.82, 2.24) is 9.97 Å². The number of nitrogens with one attached hydrogen (secondary N) is 1. The number of H-pyrrole nitrogens is 1. The Labute approximate surface area is 108 Å². The molecule has 1 heterocycles. The molecule has 0 amide bonds. The number of rotatable bonds is 4. The van der Waals surface area contributed by atoms with E-state index in [1.165, 1.54) is 24.0 Å². The second kappa shape index (κ2) is 5.64. The summed E-state index contributed by atoms with van der Waals surface area (Å²) in [4.78, 5) is 29.5. The van der Waals surface area contributed by atoms with Crippen molar-refractivity contribution < 1.29 is 4.79 Å². The third-order valence-corrected chi connectivity index (χ3v) is 3.25. The van der Waals surface area contributed by atoms with E-state index in [2.05, 4.69) is 9.97 Å². The molecule has 0 aliphatic heterocycles. The molecule has 0 saturated heterocycles. The van der Waals surface area contributed by atoms with Gasteiger partial charge in [-0.2, -0.15) is 0 Å². The molecule has 0 unspecified atom stereocenters. The Morgan fingerprint density at radius 2 is 2.00 bits per heavy atom. The van der Waals surface area contributed by atoms with Crippen molar-refractivity contribution in [2.75, 3.05) is 5.75 Å². The fourth-order valence-electron chi connectivity index (χ4n) is 1.38. The van der Waals surface area contributed by atoms with Gasteiger partial charge in [0.2, 0.25) is 0 Å². The van der Waals surface area contributed by atoms with Gasteiger partial charge in [-0.3, -0.25) is 9.59 Å². The molecule has 18 heavy (non-hydrogen) atoms. The van der Waals surface area contributed by atoms with Gasteiger partial charge in [0.15, 0.2) is 10.9 Å². The fourth-order valence-corrected chi connectivity index (χ4v) is 2.12. The van der Waals surface area contributed by atoms with Crippen LogP contribution in [-0.2, 0) is 0 Å². The maximum atomic E-state index is 11.9. The number of hydrogen-bond acceptors (Lipinski definition) is 4. The van der Waals surface area contributed by atoms with Crippen molar-refractivity contribution >= 4 is 17.5 Å². The average Bonchev–Trinajstić information content (AvgIpc) is 2.37. The molecule has 0 radical (unpaired) electrons. The van der Waals surface area contributed by atoms with Crippen molar-refractivity contribution in [2.24, 2.45) is 0 Å². The molecule has 1 aromatic heterocycles. The maximum Gasteiger partial charge on any atom is 0.251 e. The van der Waals surface area contributed by atoms with Crippen LogP contribution in [0.2, 0.25) is 0 Å². The highest BCUT2D eigenvalue weighted by molar-refractivity contribution is 7.99. The van der Waals surface area contributed by atoms with Gasteiger partial charge in [-0.15, -0.1) is 0 Å². The van der Waals surface area contributed by atoms with Crippen LogP contribution >= 0.6 is 11.8 Å². The van der Waals surface area contributed by atoms with Gasteiger partial charge < -0.3 is 4.98 Å². The predicted octanol–water partition coefficient (Wildman–Crippen LogP) is 2.05. The average molecular weight is 260 g/mol. The Morgan fingerprint density at radius 1 is 1.28 bits per heavy atom. The molecule has 0 spiro atoms. The molecule has 1 N–H and O–H groups in total. The minimum absolute atomic E-state index is 0.0199. The van der Waals surface area contributed by atoms with E-state index in [9.17, 15) is 9.59 Å². The topological polar surface area (TPSA) is 62.8 Å². The molecule has 2 rings (SSSR count). The molecule has 0 fully saturated rings. The lowest BCUT2D eigenvalue weighted by atomic mass is 10.1. The third-order valence-electron chi connectivity index (χ3n) is 2.36. The summed E-state index contributed by atoms with van der Waals surface area (Å²) in [6.45, 7) is 1.97. The summed E-state index contributed by atoms with van der Waals surface area (Å²) in [5.74, 6) is 0.280. The summed E-state index contributed by atoms with van der Waals surface area (Å²) in [6, 6.07) is 8.76. The largest absolute Gasteiger partial charge is 0.301 e. The molecule has 92 valence electrons. The van der Waals surface area contributed by atoms with Gasteiger partial charge in [0.1, 0.15) is 0 Å². The number of ketones is 1. The van der Waals surface area contributed by atoms with Crippen molar-refractivity contribution in [3.63, 3.8) is 0 Å². The second-order valence-electron chi connectivity index (χ2n) is 3.82. The summed E-state index contributed by atoms with van der Waals surface area (Å²) < 4.78 is 0. The van der Waals surface area contributed by atoms with Crippen LogP contribution in [0.1, 0.15) is 15.9 Å². The molecule has 0 aliphatic carbocycles. The van der Waals surface area contributed by atoms with Crippen LogP contribution in [0.5, 0.6) is 0 Å². The van der Waals surface area contributed by atoms with Crippen LogP contribution in [0.4, 0.5) is 0 Å². The number of benzene rings is 1. The van der Waals surface area contributed by atoms with E-state index >= 15 is 0 Å². The lowest BCUT2D eigenvalue weighted by Crippen LogP contribution is -2.07. The van der Waals surface area contributed by atoms with Gasteiger partial charge in [-0.05, 0) is 6.92 Å². The highest BCUT2D eigenvalue weighted by atomic mass is 32.2. The number of hydrogen-bond donors (Lipinski definition) is 1.